The second-order valence-electron chi connectivity index (χ2n) is 2.35. The van der Waals surface area contributed by atoms with Crippen LogP contribution in [0.5, 0.6) is 0 Å². The fraction of sp³-hybridized carbons (Fsp3) is 0.714. The molecule has 0 aromatic rings. The maximum Gasteiger partial charge on any atom is 0.217 e. The Morgan fingerprint density at radius 2 is 2.08 bits per heavy atom. The van der Waals surface area contributed by atoms with Crippen molar-refractivity contribution in [1.82, 2.24) is 11.5 Å². The first-order chi connectivity index (χ1) is 5.57. The summed E-state index contributed by atoms with van der Waals surface area (Å²) in [6.07, 6.45) is 2.28. The van der Waals surface area contributed by atoms with Crippen LogP contribution in [0.15, 0.2) is 0 Å². The Labute approximate surface area is 81.9 Å². The molecule has 78 valence electrons. The normalized spacial score (nSPS) is 11.2. The number of amides is 1. The van der Waals surface area contributed by atoms with Crippen molar-refractivity contribution < 1.29 is 14.7 Å². The Balaban J connectivity index is 0. The molecule has 0 fully saturated rings. The first-order valence-corrected chi connectivity index (χ1v) is 4.94. The van der Waals surface area contributed by atoms with Gasteiger partial charge in [0, 0.05) is 6.92 Å². The third-order valence-corrected chi connectivity index (χ3v) is 1.92. The molecule has 0 heterocycles. The van der Waals surface area contributed by atoms with Crippen molar-refractivity contribution in [2.24, 2.45) is 0 Å². The lowest BCUT2D eigenvalue weighted by Crippen LogP contribution is -2.47. The number of carboxylic acid groups (broad SMARTS) is 1. The fourth-order valence-electron chi connectivity index (χ4n) is 0.730. The van der Waals surface area contributed by atoms with Crippen molar-refractivity contribution >= 4 is 23.6 Å². The van der Waals surface area contributed by atoms with Gasteiger partial charge in [0.05, 0.1) is 12.0 Å². The van der Waals surface area contributed by atoms with E-state index in [9.17, 15) is 14.7 Å². The van der Waals surface area contributed by atoms with Crippen molar-refractivity contribution in [2.45, 2.75) is 19.4 Å². The van der Waals surface area contributed by atoms with Crippen molar-refractivity contribution in [1.29, 1.82) is 0 Å². The molecule has 0 saturated heterocycles. The molecule has 0 unspecified atom stereocenters. The van der Waals surface area contributed by atoms with Crippen molar-refractivity contribution in [3.63, 3.8) is 0 Å². The molecule has 5 N–H and O–H groups in total. The largest absolute Gasteiger partial charge is 0.548 e. The molecule has 0 rings (SSSR count). The monoisotopic (exact) mass is 208 g/mol. The Morgan fingerprint density at radius 3 is 2.38 bits per heavy atom. The highest BCUT2D eigenvalue weighted by molar-refractivity contribution is 7.98. The number of quaternary nitrogens is 1. The van der Waals surface area contributed by atoms with Crippen LogP contribution in [0, 0.1) is 0 Å². The standard InChI is InChI=1S/C7H13NO3S.H3N/c1-5(9)8-6(7(10)11)3-4-12-2;/h6H,3-4H2,1-2H3,(H,8,9)(H,10,11);1H3/t6-;/m0./s1. The van der Waals surface area contributed by atoms with Gasteiger partial charge in [0.2, 0.25) is 5.91 Å². The van der Waals surface area contributed by atoms with Crippen LogP contribution in [0.4, 0.5) is 0 Å². The van der Waals surface area contributed by atoms with E-state index in [0.29, 0.717) is 12.2 Å². The lowest BCUT2D eigenvalue weighted by Gasteiger charge is -2.17. The lowest BCUT2D eigenvalue weighted by molar-refractivity contribution is -0.308. The van der Waals surface area contributed by atoms with E-state index in [-0.39, 0.29) is 12.1 Å². The van der Waals surface area contributed by atoms with Crippen LogP contribution in [-0.4, -0.2) is 29.9 Å². The van der Waals surface area contributed by atoms with E-state index in [2.05, 4.69) is 5.32 Å². The van der Waals surface area contributed by atoms with Crippen LogP contribution in [-0.2, 0) is 9.59 Å². The molecule has 6 heteroatoms. The van der Waals surface area contributed by atoms with Gasteiger partial charge in [0.15, 0.2) is 0 Å². The summed E-state index contributed by atoms with van der Waals surface area (Å²) in [5.41, 5.74) is 0. The molecular formula is C7H16N2O3S. The van der Waals surface area contributed by atoms with Gasteiger partial charge >= 0.3 is 0 Å². The van der Waals surface area contributed by atoms with Crippen LogP contribution in [0.3, 0.4) is 0 Å². The molecule has 0 aromatic carbocycles. The van der Waals surface area contributed by atoms with E-state index in [1.165, 1.54) is 18.7 Å². The highest BCUT2D eigenvalue weighted by atomic mass is 32.2. The number of carbonyl (C=O) groups is 2. The smallest absolute Gasteiger partial charge is 0.217 e. The van der Waals surface area contributed by atoms with Crippen LogP contribution < -0.4 is 16.6 Å². The predicted octanol–water partition coefficient (Wildman–Crippen LogP) is -0.630. The van der Waals surface area contributed by atoms with Gasteiger partial charge in [0.1, 0.15) is 0 Å². The summed E-state index contributed by atoms with van der Waals surface area (Å²) in [5, 5.41) is 12.7. The number of rotatable bonds is 5. The fourth-order valence-corrected chi connectivity index (χ4v) is 1.20. The molecule has 1 atom stereocenters. The van der Waals surface area contributed by atoms with Gasteiger partial charge in [-0.1, -0.05) is 0 Å². The van der Waals surface area contributed by atoms with Crippen LogP contribution in [0.1, 0.15) is 13.3 Å². The average Bonchev–Trinajstić information content (AvgIpc) is 1.96. The van der Waals surface area contributed by atoms with Gasteiger partial charge in [-0.3, -0.25) is 4.79 Å². The molecular weight excluding hydrogens is 192 g/mol. The minimum absolute atomic E-state index is 0. The molecule has 0 spiro atoms. The maximum atomic E-state index is 10.5. The van der Waals surface area contributed by atoms with Gasteiger partial charge in [-0.05, 0) is 18.4 Å². The molecule has 0 bridgehead atoms. The van der Waals surface area contributed by atoms with E-state index in [0.717, 1.165) is 0 Å². The van der Waals surface area contributed by atoms with Gasteiger partial charge in [-0.15, -0.1) is 0 Å². The molecule has 0 radical (unpaired) electrons. The number of hydrogen-bond donors (Lipinski definition) is 2. The average molecular weight is 208 g/mol. The molecule has 0 aromatic heterocycles. The summed E-state index contributed by atoms with van der Waals surface area (Å²) in [6, 6.07) is -0.852. The summed E-state index contributed by atoms with van der Waals surface area (Å²) in [7, 11) is 0. The van der Waals surface area contributed by atoms with Crippen molar-refractivity contribution in [3.8, 4) is 0 Å². The number of aliphatic carboxylic acids is 1. The topological polar surface area (TPSA) is 106 Å². The number of thioether (sulfide) groups is 1. The van der Waals surface area contributed by atoms with Gasteiger partial charge in [0.25, 0.3) is 0 Å². The summed E-state index contributed by atoms with van der Waals surface area (Å²) in [4.78, 5) is 20.9. The number of carboxylic acids is 1. The highest BCUT2D eigenvalue weighted by Crippen LogP contribution is 1.99. The zero-order chi connectivity index (χ0) is 9.56. The van der Waals surface area contributed by atoms with E-state index >= 15 is 0 Å². The van der Waals surface area contributed by atoms with E-state index < -0.39 is 12.0 Å². The number of carbonyl (C=O) groups excluding carboxylic acids is 2. The second kappa shape index (κ2) is 7.88. The van der Waals surface area contributed by atoms with Crippen molar-refractivity contribution in [3.05, 3.63) is 0 Å². The predicted molar refractivity (Wildman–Crippen MR) is 51.6 cm³/mol. The molecule has 0 aliphatic rings. The Bertz CT molecular complexity index is 175. The zero-order valence-corrected chi connectivity index (χ0v) is 8.94. The van der Waals surface area contributed by atoms with E-state index in [4.69, 9.17) is 0 Å². The van der Waals surface area contributed by atoms with E-state index in [1.54, 1.807) is 0 Å². The number of hydrogen-bond acceptors (Lipinski definition) is 4. The van der Waals surface area contributed by atoms with Gasteiger partial charge < -0.3 is 21.4 Å². The van der Waals surface area contributed by atoms with E-state index in [1.807, 2.05) is 6.26 Å². The maximum absolute atomic E-state index is 10.5. The molecule has 13 heavy (non-hydrogen) atoms. The quantitative estimate of drug-likeness (QED) is 0.627. The Kier molecular flexibility index (Phi) is 8.94. The van der Waals surface area contributed by atoms with Crippen LogP contribution >= 0.6 is 11.8 Å². The zero-order valence-electron chi connectivity index (χ0n) is 8.12. The summed E-state index contributed by atoms with van der Waals surface area (Å²) in [6.45, 7) is 1.29. The summed E-state index contributed by atoms with van der Waals surface area (Å²) >= 11 is 1.53. The minimum atomic E-state index is -1.22. The van der Waals surface area contributed by atoms with Crippen LogP contribution in [0.2, 0.25) is 0 Å². The molecule has 0 saturated carbocycles. The first-order valence-electron chi connectivity index (χ1n) is 3.54. The molecule has 1 amide bonds. The Morgan fingerprint density at radius 1 is 1.54 bits per heavy atom. The van der Waals surface area contributed by atoms with Crippen LogP contribution in [0.25, 0.3) is 0 Å². The molecule has 0 aliphatic carbocycles. The Hall–Kier alpha value is -0.750. The number of nitrogens with one attached hydrogen (secondary N) is 1. The summed E-state index contributed by atoms with van der Waals surface area (Å²) < 4.78 is 0. The first kappa shape index (κ1) is 14.8. The second-order valence-corrected chi connectivity index (χ2v) is 3.34. The lowest BCUT2D eigenvalue weighted by atomic mass is 10.2. The SMILES string of the molecule is CSCC[C@H](NC(C)=O)C(=O)[O-].[NH4+]. The van der Waals surface area contributed by atoms with Gasteiger partial charge in [-0.25, -0.2) is 0 Å². The van der Waals surface area contributed by atoms with Gasteiger partial charge in [-0.2, -0.15) is 11.8 Å². The third-order valence-electron chi connectivity index (χ3n) is 1.27. The molecule has 0 aliphatic heterocycles. The minimum Gasteiger partial charge on any atom is -0.548 e. The third kappa shape index (κ3) is 7.61. The highest BCUT2D eigenvalue weighted by Gasteiger charge is 2.09. The van der Waals surface area contributed by atoms with Crippen molar-refractivity contribution in [2.75, 3.05) is 12.0 Å². The summed E-state index contributed by atoms with van der Waals surface area (Å²) in [5.74, 6) is -0.872. The molecule has 5 nitrogen and oxygen atoms in total.